The molecule has 0 bridgehead atoms. The first kappa shape index (κ1) is 22.9. The maximum absolute atomic E-state index is 12.9. The van der Waals surface area contributed by atoms with Crippen LogP contribution in [0.15, 0.2) is 33.5 Å². The van der Waals surface area contributed by atoms with Crippen molar-refractivity contribution < 1.29 is 28.2 Å². The summed E-state index contributed by atoms with van der Waals surface area (Å²) in [6.45, 7) is 5.25. The average molecular weight is 511 g/mol. The Morgan fingerprint density at radius 3 is 2.00 bits per heavy atom. The van der Waals surface area contributed by atoms with Crippen LogP contribution in [0.1, 0.15) is 31.3 Å². The van der Waals surface area contributed by atoms with Gasteiger partial charge in [-0.2, -0.15) is 0 Å². The molecular weight excluding hydrogens is 496 g/mol. The molecule has 2 N–H and O–H groups in total. The van der Waals surface area contributed by atoms with Crippen molar-refractivity contribution >= 4 is 49.7 Å². The fourth-order valence-electron chi connectivity index (χ4n) is 1.43. The number of nitrogens with zero attached hydrogens (tertiary/aromatic N) is 2. The van der Waals surface area contributed by atoms with Gasteiger partial charge in [-0.3, -0.25) is 5.32 Å². The number of carboxylic acid groups (broad SMARTS) is 1. The number of hydrogen-bond donors (Lipinski definition) is 2. The number of ether oxygens (including phenoxy) is 1. The molecule has 0 aliphatic carbocycles. The molecule has 2 aromatic rings. The van der Waals surface area contributed by atoms with Gasteiger partial charge in [0.2, 0.25) is 0 Å². The van der Waals surface area contributed by atoms with E-state index in [2.05, 4.69) is 47.1 Å². The Balaban J connectivity index is 0.000000289. The molecule has 27 heavy (non-hydrogen) atoms. The highest BCUT2D eigenvalue weighted by Crippen LogP contribution is 2.16. The van der Waals surface area contributed by atoms with Crippen molar-refractivity contribution in [3.8, 4) is 0 Å². The number of carbonyl (C=O) groups is 2. The number of carbonyl (C=O) groups excluding carboxylic acids is 1. The quantitative estimate of drug-likeness (QED) is 0.550. The number of hydrogen-bond acceptors (Lipinski definition) is 5. The average Bonchev–Trinajstić information content (AvgIpc) is 2.52. The number of aromatic carboxylic acids is 1. The van der Waals surface area contributed by atoms with Crippen LogP contribution < -0.4 is 5.32 Å². The third-order valence-electron chi connectivity index (χ3n) is 2.45. The Kier molecular flexibility index (Phi) is 8.22. The van der Waals surface area contributed by atoms with Gasteiger partial charge in [0.25, 0.3) is 0 Å². The van der Waals surface area contributed by atoms with Crippen LogP contribution in [0.5, 0.6) is 0 Å². The van der Waals surface area contributed by atoms with Crippen molar-refractivity contribution in [1.29, 1.82) is 0 Å². The molecule has 0 aromatic carbocycles. The second-order valence-electron chi connectivity index (χ2n) is 5.87. The van der Waals surface area contributed by atoms with E-state index >= 15 is 0 Å². The summed E-state index contributed by atoms with van der Waals surface area (Å²) in [5.74, 6) is -2.02. The second kappa shape index (κ2) is 9.70. The van der Waals surface area contributed by atoms with Crippen molar-refractivity contribution in [1.82, 2.24) is 9.97 Å². The van der Waals surface area contributed by atoms with E-state index in [4.69, 9.17) is 9.84 Å². The fourth-order valence-corrected chi connectivity index (χ4v) is 2.08. The number of carboxylic acids is 1. The van der Waals surface area contributed by atoms with Crippen LogP contribution in [0.2, 0.25) is 0 Å². The lowest BCUT2D eigenvalue weighted by Gasteiger charge is -2.19. The van der Waals surface area contributed by atoms with Crippen LogP contribution in [0.4, 0.5) is 19.4 Å². The Morgan fingerprint density at radius 1 is 1.04 bits per heavy atom. The van der Waals surface area contributed by atoms with Crippen LogP contribution in [-0.2, 0) is 4.74 Å². The van der Waals surface area contributed by atoms with Crippen molar-refractivity contribution in [3.05, 3.63) is 50.8 Å². The minimum absolute atomic E-state index is 0.0426. The molecule has 0 radical (unpaired) electrons. The molecule has 2 heterocycles. The van der Waals surface area contributed by atoms with E-state index in [0.717, 1.165) is 12.1 Å². The van der Waals surface area contributed by atoms with Crippen LogP contribution in [0, 0.1) is 11.6 Å². The zero-order valence-corrected chi connectivity index (χ0v) is 17.6. The minimum Gasteiger partial charge on any atom is -0.477 e. The van der Waals surface area contributed by atoms with Gasteiger partial charge in [0.1, 0.15) is 26.3 Å². The summed E-state index contributed by atoms with van der Waals surface area (Å²) in [6, 6.07) is 4.69. The number of halogens is 4. The van der Waals surface area contributed by atoms with Gasteiger partial charge in [-0.1, -0.05) is 0 Å². The summed E-state index contributed by atoms with van der Waals surface area (Å²) >= 11 is 5.68. The van der Waals surface area contributed by atoms with Gasteiger partial charge in [-0.25, -0.2) is 28.3 Å². The van der Waals surface area contributed by atoms with Gasteiger partial charge in [0, 0.05) is 0 Å². The number of anilines is 1. The van der Waals surface area contributed by atoms with Crippen LogP contribution in [-0.4, -0.2) is 32.7 Å². The minimum atomic E-state index is -1.18. The summed E-state index contributed by atoms with van der Waals surface area (Å²) in [4.78, 5) is 28.8. The first-order valence-electron chi connectivity index (χ1n) is 7.26. The zero-order valence-electron chi connectivity index (χ0n) is 14.4. The number of pyridine rings is 2. The summed E-state index contributed by atoms with van der Waals surface area (Å²) in [5.41, 5.74) is -0.764. The third kappa shape index (κ3) is 8.39. The van der Waals surface area contributed by atoms with Crippen molar-refractivity contribution in [2.24, 2.45) is 0 Å². The van der Waals surface area contributed by atoms with E-state index in [1.54, 1.807) is 20.8 Å². The third-order valence-corrected chi connectivity index (χ3v) is 3.57. The van der Waals surface area contributed by atoms with Gasteiger partial charge in [-0.15, -0.1) is 0 Å². The number of rotatable bonds is 2. The number of nitrogens with one attached hydrogen (secondary N) is 1. The van der Waals surface area contributed by atoms with Gasteiger partial charge in [-0.05, 0) is 76.9 Å². The molecule has 146 valence electrons. The standard InChI is InChI=1S/C10H12BrFN2O2.C6H3BrFNO2/c1-10(2,3)16-9(15)14-7-5-4-6(12)8(11)13-7;7-5-3(8)1-2-4(9-5)6(10)11/h4-5H,1-3H3,(H,13,14,15);1-2H,(H,10,11). The molecule has 2 aromatic heterocycles. The van der Waals surface area contributed by atoms with Crippen molar-refractivity contribution in [2.75, 3.05) is 5.32 Å². The zero-order chi connectivity index (χ0) is 20.8. The maximum Gasteiger partial charge on any atom is 0.413 e. The van der Waals surface area contributed by atoms with Crippen molar-refractivity contribution in [2.45, 2.75) is 26.4 Å². The molecular formula is C16H15Br2F2N3O4. The molecule has 2 rings (SSSR count). The Bertz CT molecular complexity index is 845. The van der Waals surface area contributed by atoms with Gasteiger partial charge >= 0.3 is 12.1 Å². The van der Waals surface area contributed by atoms with E-state index in [-0.39, 0.29) is 20.7 Å². The molecule has 1 amide bonds. The molecule has 0 fully saturated rings. The van der Waals surface area contributed by atoms with Crippen molar-refractivity contribution in [3.63, 3.8) is 0 Å². The van der Waals surface area contributed by atoms with E-state index in [9.17, 15) is 18.4 Å². The van der Waals surface area contributed by atoms with E-state index in [1.807, 2.05) is 0 Å². The number of aromatic nitrogens is 2. The van der Waals surface area contributed by atoms with Gasteiger partial charge in [0.15, 0.2) is 11.6 Å². The molecule has 0 aliphatic heterocycles. The normalized spacial score (nSPS) is 10.5. The number of amides is 1. The molecule has 0 saturated carbocycles. The molecule has 0 atom stereocenters. The SMILES string of the molecule is CC(C)(C)OC(=O)Nc1ccc(F)c(Br)n1.O=C(O)c1ccc(F)c(Br)n1. The van der Waals surface area contributed by atoms with E-state index in [0.29, 0.717) is 0 Å². The highest BCUT2D eigenvalue weighted by atomic mass is 79.9. The van der Waals surface area contributed by atoms with Crippen LogP contribution in [0.3, 0.4) is 0 Å². The lowest BCUT2D eigenvalue weighted by molar-refractivity contribution is 0.0633. The van der Waals surface area contributed by atoms with Crippen LogP contribution >= 0.6 is 31.9 Å². The second-order valence-corrected chi connectivity index (χ2v) is 7.37. The molecule has 0 spiro atoms. The highest BCUT2D eigenvalue weighted by Gasteiger charge is 2.16. The smallest absolute Gasteiger partial charge is 0.413 e. The molecule has 0 aliphatic rings. The van der Waals surface area contributed by atoms with E-state index in [1.165, 1.54) is 12.1 Å². The molecule has 0 saturated heterocycles. The Hall–Kier alpha value is -2.14. The molecule has 7 nitrogen and oxygen atoms in total. The topological polar surface area (TPSA) is 101 Å². The summed E-state index contributed by atoms with van der Waals surface area (Å²) in [5, 5.41) is 10.8. The fraction of sp³-hybridized carbons (Fsp3) is 0.250. The van der Waals surface area contributed by atoms with E-state index < -0.39 is 29.3 Å². The molecule has 11 heteroatoms. The summed E-state index contributed by atoms with van der Waals surface area (Å²) < 4.78 is 30.3. The highest BCUT2D eigenvalue weighted by molar-refractivity contribution is 9.10. The largest absolute Gasteiger partial charge is 0.477 e. The predicted octanol–water partition coefficient (Wildman–Crippen LogP) is 5.01. The first-order valence-corrected chi connectivity index (χ1v) is 8.85. The molecule has 0 unspecified atom stereocenters. The Labute approximate surface area is 170 Å². The van der Waals surface area contributed by atoms with Crippen LogP contribution in [0.25, 0.3) is 0 Å². The van der Waals surface area contributed by atoms with Gasteiger partial charge < -0.3 is 9.84 Å². The Morgan fingerprint density at radius 2 is 1.56 bits per heavy atom. The predicted molar refractivity (Wildman–Crippen MR) is 101 cm³/mol. The lowest BCUT2D eigenvalue weighted by atomic mass is 10.2. The maximum atomic E-state index is 12.9. The summed E-state index contributed by atoms with van der Waals surface area (Å²) in [7, 11) is 0. The van der Waals surface area contributed by atoms with Gasteiger partial charge in [0.05, 0.1) is 0 Å². The summed E-state index contributed by atoms with van der Waals surface area (Å²) in [6.07, 6.45) is -0.626. The monoisotopic (exact) mass is 509 g/mol. The first-order chi connectivity index (χ1) is 12.4. The lowest BCUT2D eigenvalue weighted by Crippen LogP contribution is -2.27.